The van der Waals surface area contributed by atoms with E-state index in [1.165, 1.54) is 6.07 Å². The van der Waals surface area contributed by atoms with Gasteiger partial charge in [-0.3, -0.25) is 4.79 Å². The van der Waals surface area contributed by atoms with E-state index in [-0.39, 0.29) is 23.8 Å². The zero-order valence-electron chi connectivity index (χ0n) is 11.2. The lowest BCUT2D eigenvalue weighted by Gasteiger charge is -2.30. The van der Waals surface area contributed by atoms with Crippen molar-refractivity contribution in [1.82, 2.24) is 4.90 Å². The van der Waals surface area contributed by atoms with Gasteiger partial charge in [0.2, 0.25) is 5.91 Å². The number of hydrogen-bond acceptors (Lipinski definition) is 2. The lowest BCUT2D eigenvalue weighted by Crippen LogP contribution is -2.43. The summed E-state index contributed by atoms with van der Waals surface area (Å²) in [6.07, 6.45) is 2.41. The number of hydrogen-bond donors (Lipinski definition) is 1. The third-order valence-electron chi connectivity index (χ3n) is 4.33. The Labute approximate surface area is 116 Å². The number of nitrogens with zero attached hydrogens (tertiary/aromatic N) is 1. The summed E-state index contributed by atoms with van der Waals surface area (Å²) in [6.45, 7) is 1.42. The normalized spacial score (nSPS) is 26.6. The molecular weight excluding hydrogens is 262 g/mol. The molecule has 5 heteroatoms. The van der Waals surface area contributed by atoms with Gasteiger partial charge in [0.1, 0.15) is 0 Å². The maximum Gasteiger partial charge on any atom is 0.226 e. The van der Waals surface area contributed by atoms with E-state index in [0.717, 1.165) is 30.9 Å². The molecule has 3 rings (SSSR count). The van der Waals surface area contributed by atoms with Crippen molar-refractivity contribution >= 4 is 5.91 Å². The molecule has 2 unspecified atom stereocenters. The number of carbonyl (C=O) groups excluding carboxylic acids is 1. The Kier molecular flexibility index (Phi) is 3.46. The van der Waals surface area contributed by atoms with E-state index in [0.29, 0.717) is 13.1 Å². The summed E-state index contributed by atoms with van der Waals surface area (Å²) >= 11 is 0. The molecule has 0 radical (unpaired) electrons. The van der Waals surface area contributed by atoms with E-state index < -0.39 is 11.6 Å². The number of rotatable bonds is 2. The van der Waals surface area contributed by atoms with Crippen LogP contribution in [0.25, 0.3) is 0 Å². The number of benzene rings is 1. The Balaban J connectivity index is 1.63. The Morgan fingerprint density at radius 1 is 1.20 bits per heavy atom. The standard InChI is InChI=1S/C15H18F2N2O/c16-13-2-1-9(7-14(13)17)11-8-12(11)15(20)19-5-3-10(18)4-6-19/h1-2,7,10-12H,3-6,8,18H2. The highest BCUT2D eigenvalue weighted by molar-refractivity contribution is 5.83. The number of nitrogens with two attached hydrogens (primary N) is 1. The summed E-state index contributed by atoms with van der Waals surface area (Å²) in [4.78, 5) is 14.2. The molecule has 1 saturated heterocycles. The summed E-state index contributed by atoms with van der Waals surface area (Å²) in [5.74, 6) is -1.60. The molecular formula is C15H18F2N2O. The van der Waals surface area contributed by atoms with Gasteiger partial charge >= 0.3 is 0 Å². The lowest BCUT2D eigenvalue weighted by atomic mass is 10.0. The zero-order valence-corrected chi connectivity index (χ0v) is 11.2. The largest absolute Gasteiger partial charge is 0.342 e. The first kappa shape index (κ1) is 13.5. The summed E-state index contributed by atoms with van der Waals surface area (Å²) in [5, 5.41) is 0. The van der Waals surface area contributed by atoms with Gasteiger partial charge in [0, 0.05) is 25.0 Å². The van der Waals surface area contributed by atoms with Gasteiger partial charge in [-0.15, -0.1) is 0 Å². The SMILES string of the molecule is NC1CCN(C(=O)C2CC2c2ccc(F)c(F)c2)CC1. The molecule has 3 nitrogen and oxygen atoms in total. The predicted octanol–water partition coefficient (Wildman–Crippen LogP) is 2.02. The minimum atomic E-state index is -0.845. The fraction of sp³-hybridized carbons (Fsp3) is 0.533. The number of carbonyl (C=O) groups is 1. The van der Waals surface area contributed by atoms with Gasteiger partial charge in [0.15, 0.2) is 11.6 Å². The van der Waals surface area contributed by atoms with Crippen LogP contribution in [-0.2, 0) is 4.79 Å². The van der Waals surface area contributed by atoms with E-state index in [9.17, 15) is 13.6 Å². The number of likely N-dealkylation sites (tertiary alicyclic amines) is 1. The van der Waals surface area contributed by atoms with Crippen molar-refractivity contribution in [1.29, 1.82) is 0 Å². The number of halogens is 2. The second-order valence-electron chi connectivity index (χ2n) is 5.78. The van der Waals surface area contributed by atoms with Crippen molar-refractivity contribution in [3.8, 4) is 0 Å². The van der Waals surface area contributed by atoms with Gasteiger partial charge in [-0.1, -0.05) is 6.07 Å². The molecule has 1 saturated carbocycles. The van der Waals surface area contributed by atoms with Crippen LogP contribution < -0.4 is 5.73 Å². The third-order valence-corrected chi connectivity index (χ3v) is 4.33. The van der Waals surface area contributed by atoms with E-state index in [2.05, 4.69) is 0 Å². The van der Waals surface area contributed by atoms with Gasteiger partial charge < -0.3 is 10.6 Å². The first-order chi connectivity index (χ1) is 9.56. The molecule has 108 valence electrons. The molecule has 1 aromatic rings. The molecule has 1 aromatic carbocycles. The highest BCUT2D eigenvalue weighted by atomic mass is 19.2. The number of amides is 1. The van der Waals surface area contributed by atoms with Gasteiger partial charge in [-0.2, -0.15) is 0 Å². The van der Waals surface area contributed by atoms with Crippen LogP contribution in [0.4, 0.5) is 8.78 Å². The van der Waals surface area contributed by atoms with Gasteiger partial charge in [0.25, 0.3) is 0 Å². The molecule has 2 aliphatic rings. The zero-order chi connectivity index (χ0) is 14.3. The molecule has 1 aliphatic heterocycles. The van der Waals surface area contributed by atoms with Crippen LogP contribution in [-0.4, -0.2) is 29.9 Å². The van der Waals surface area contributed by atoms with Crippen LogP contribution >= 0.6 is 0 Å². The Hall–Kier alpha value is -1.49. The second kappa shape index (κ2) is 5.13. The third kappa shape index (κ3) is 2.54. The van der Waals surface area contributed by atoms with Crippen LogP contribution in [0.1, 0.15) is 30.7 Å². The molecule has 20 heavy (non-hydrogen) atoms. The summed E-state index contributed by atoms with van der Waals surface area (Å²) in [5.41, 5.74) is 6.54. The fourth-order valence-electron chi connectivity index (χ4n) is 2.93. The molecule has 0 bridgehead atoms. The quantitative estimate of drug-likeness (QED) is 0.901. The fourth-order valence-corrected chi connectivity index (χ4v) is 2.93. The molecule has 2 atom stereocenters. The smallest absolute Gasteiger partial charge is 0.226 e. The summed E-state index contributed by atoms with van der Waals surface area (Å²) in [6, 6.07) is 4.10. The average Bonchev–Trinajstić information content (AvgIpc) is 3.22. The molecule has 0 aromatic heterocycles. The van der Waals surface area contributed by atoms with E-state index in [4.69, 9.17) is 5.73 Å². The molecule has 1 amide bonds. The summed E-state index contributed by atoms with van der Waals surface area (Å²) < 4.78 is 26.1. The highest BCUT2D eigenvalue weighted by Gasteiger charge is 2.46. The van der Waals surface area contributed by atoms with Crippen molar-refractivity contribution in [2.45, 2.75) is 31.2 Å². The van der Waals surface area contributed by atoms with Crippen LogP contribution in [0.5, 0.6) is 0 Å². The summed E-state index contributed by atoms with van der Waals surface area (Å²) in [7, 11) is 0. The average molecular weight is 280 g/mol. The molecule has 1 aliphatic carbocycles. The monoisotopic (exact) mass is 280 g/mol. The highest BCUT2D eigenvalue weighted by Crippen LogP contribution is 2.48. The van der Waals surface area contributed by atoms with Gasteiger partial charge in [0.05, 0.1) is 0 Å². The van der Waals surface area contributed by atoms with Crippen LogP contribution in [0.2, 0.25) is 0 Å². The second-order valence-corrected chi connectivity index (χ2v) is 5.78. The Morgan fingerprint density at radius 3 is 2.55 bits per heavy atom. The molecule has 2 fully saturated rings. The predicted molar refractivity (Wildman–Crippen MR) is 71.0 cm³/mol. The number of piperidine rings is 1. The van der Waals surface area contributed by atoms with Crippen molar-refractivity contribution in [2.75, 3.05) is 13.1 Å². The first-order valence-electron chi connectivity index (χ1n) is 7.05. The van der Waals surface area contributed by atoms with E-state index in [1.54, 1.807) is 6.07 Å². The molecule has 1 heterocycles. The molecule has 2 N–H and O–H groups in total. The van der Waals surface area contributed by atoms with Crippen molar-refractivity contribution in [2.24, 2.45) is 11.7 Å². The van der Waals surface area contributed by atoms with Crippen molar-refractivity contribution in [3.05, 3.63) is 35.4 Å². The molecule has 0 spiro atoms. The van der Waals surface area contributed by atoms with Gasteiger partial charge in [-0.25, -0.2) is 8.78 Å². The lowest BCUT2D eigenvalue weighted by molar-refractivity contribution is -0.133. The minimum absolute atomic E-state index is 0.0354. The van der Waals surface area contributed by atoms with Gasteiger partial charge in [-0.05, 0) is 42.9 Å². The van der Waals surface area contributed by atoms with E-state index >= 15 is 0 Å². The Morgan fingerprint density at radius 2 is 1.90 bits per heavy atom. The van der Waals surface area contributed by atoms with Crippen molar-refractivity contribution in [3.63, 3.8) is 0 Å². The minimum Gasteiger partial charge on any atom is -0.342 e. The first-order valence-corrected chi connectivity index (χ1v) is 7.05. The van der Waals surface area contributed by atoms with Crippen LogP contribution in [0.15, 0.2) is 18.2 Å². The van der Waals surface area contributed by atoms with E-state index in [1.807, 2.05) is 4.90 Å². The Bertz CT molecular complexity index is 527. The maximum absolute atomic E-state index is 13.2. The maximum atomic E-state index is 13.2. The van der Waals surface area contributed by atoms with Crippen LogP contribution in [0, 0.1) is 17.6 Å². The van der Waals surface area contributed by atoms with Crippen LogP contribution in [0.3, 0.4) is 0 Å². The van der Waals surface area contributed by atoms with Crippen molar-refractivity contribution < 1.29 is 13.6 Å². The topological polar surface area (TPSA) is 46.3 Å².